The highest BCUT2D eigenvalue weighted by Crippen LogP contribution is 2.32. The molecule has 0 atom stereocenters. The second kappa shape index (κ2) is 3.22. The third-order valence-corrected chi connectivity index (χ3v) is 2.93. The molecule has 0 aliphatic heterocycles. The summed E-state index contributed by atoms with van der Waals surface area (Å²) in [5, 5.41) is 4.28. The van der Waals surface area contributed by atoms with Crippen molar-refractivity contribution in [1.29, 1.82) is 0 Å². The average molecular weight is 203 g/mol. The van der Waals surface area contributed by atoms with Crippen LogP contribution in [0.2, 0.25) is 0 Å². The van der Waals surface area contributed by atoms with Gasteiger partial charge in [0.15, 0.2) is 5.65 Å². The summed E-state index contributed by atoms with van der Waals surface area (Å²) in [4.78, 5) is 11.8. The maximum absolute atomic E-state index is 11.8. The molecule has 1 fully saturated rings. The molecule has 2 heterocycles. The minimum absolute atomic E-state index is 0.0220. The van der Waals surface area contributed by atoms with Gasteiger partial charge in [-0.3, -0.25) is 4.40 Å². The van der Waals surface area contributed by atoms with Crippen molar-refractivity contribution in [3.63, 3.8) is 0 Å². The number of hydrogen-bond acceptors (Lipinski definition) is 2. The van der Waals surface area contributed by atoms with Gasteiger partial charge in [0.1, 0.15) is 0 Å². The molecule has 15 heavy (non-hydrogen) atoms. The standard InChI is InChI=1S/C11H13N3O/c15-11-13-7-2-1-3-10(13)12-14(11)8-6-9-4-5-9/h1-3,7,9H,4-6,8H2. The molecule has 1 aliphatic carbocycles. The number of pyridine rings is 1. The lowest BCUT2D eigenvalue weighted by atomic mass is 10.3. The van der Waals surface area contributed by atoms with Gasteiger partial charge in [0, 0.05) is 12.7 Å². The fourth-order valence-electron chi connectivity index (χ4n) is 1.83. The Morgan fingerprint density at radius 1 is 1.40 bits per heavy atom. The number of fused-ring (bicyclic) bond motifs is 1. The van der Waals surface area contributed by atoms with Gasteiger partial charge in [0.25, 0.3) is 0 Å². The van der Waals surface area contributed by atoms with Gasteiger partial charge in [-0.25, -0.2) is 9.48 Å². The summed E-state index contributed by atoms with van der Waals surface area (Å²) in [5.41, 5.74) is 0.713. The Labute approximate surface area is 87.1 Å². The zero-order chi connectivity index (χ0) is 10.3. The quantitative estimate of drug-likeness (QED) is 0.754. The fraction of sp³-hybridized carbons (Fsp3) is 0.455. The summed E-state index contributed by atoms with van der Waals surface area (Å²) >= 11 is 0. The summed E-state index contributed by atoms with van der Waals surface area (Å²) in [6, 6.07) is 5.60. The van der Waals surface area contributed by atoms with E-state index in [1.165, 1.54) is 12.8 Å². The molecular weight excluding hydrogens is 190 g/mol. The first kappa shape index (κ1) is 8.71. The van der Waals surface area contributed by atoms with Gasteiger partial charge < -0.3 is 0 Å². The van der Waals surface area contributed by atoms with Crippen LogP contribution in [0.15, 0.2) is 29.2 Å². The number of aromatic nitrogens is 3. The van der Waals surface area contributed by atoms with Crippen LogP contribution >= 0.6 is 0 Å². The first-order valence-corrected chi connectivity index (χ1v) is 5.39. The Balaban J connectivity index is 1.95. The van der Waals surface area contributed by atoms with Crippen molar-refractivity contribution in [3.8, 4) is 0 Å². The van der Waals surface area contributed by atoms with Crippen LogP contribution in [-0.2, 0) is 6.54 Å². The van der Waals surface area contributed by atoms with E-state index in [0.29, 0.717) is 0 Å². The summed E-state index contributed by atoms with van der Waals surface area (Å²) in [6.07, 6.45) is 5.49. The van der Waals surface area contributed by atoms with Crippen LogP contribution in [0.3, 0.4) is 0 Å². The summed E-state index contributed by atoms with van der Waals surface area (Å²) in [5.74, 6) is 0.835. The third-order valence-electron chi connectivity index (χ3n) is 2.93. The second-order valence-corrected chi connectivity index (χ2v) is 4.17. The van der Waals surface area contributed by atoms with Crippen LogP contribution in [0.5, 0.6) is 0 Å². The molecule has 2 aromatic heterocycles. The van der Waals surface area contributed by atoms with Crippen LogP contribution in [0.25, 0.3) is 5.65 Å². The number of aryl methyl sites for hydroxylation is 1. The van der Waals surface area contributed by atoms with Crippen LogP contribution < -0.4 is 5.69 Å². The summed E-state index contributed by atoms with van der Waals surface area (Å²) in [6.45, 7) is 0.755. The van der Waals surface area contributed by atoms with Gasteiger partial charge in [0.05, 0.1) is 0 Å². The molecule has 0 aromatic carbocycles. The van der Waals surface area contributed by atoms with Crippen LogP contribution in [0.1, 0.15) is 19.3 Å². The zero-order valence-corrected chi connectivity index (χ0v) is 8.47. The van der Waals surface area contributed by atoms with Gasteiger partial charge in [0.2, 0.25) is 0 Å². The highest BCUT2D eigenvalue weighted by molar-refractivity contribution is 5.35. The van der Waals surface area contributed by atoms with Gasteiger partial charge in [-0.05, 0) is 24.5 Å². The molecule has 2 aromatic rings. The van der Waals surface area contributed by atoms with Crippen LogP contribution in [0, 0.1) is 5.92 Å². The molecule has 4 heteroatoms. The molecule has 1 saturated carbocycles. The number of nitrogens with zero attached hydrogens (tertiary/aromatic N) is 3. The molecule has 3 rings (SSSR count). The molecule has 0 unspecified atom stereocenters. The predicted molar refractivity (Wildman–Crippen MR) is 56.8 cm³/mol. The second-order valence-electron chi connectivity index (χ2n) is 4.17. The SMILES string of the molecule is O=c1n(CCC2CC2)nc2ccccn12. The minimum atomic E-state index is -0.0220. The van der Waals surface area contributed by atoms with E-state index < -0.39 is 0 Å². The van der Waals surface area contributed by atoms with Crippen molar-refractivity contribution in [2.75, 3.05) is 0 Å². The molecular formula is C11H13N3O. The maximum Gasteiger partial charge on any atom is 0.350 e. The van der Waals surface area contributed by atoms with E-state index >= 15 is 0 Å². The van der Waals surface area contributed by atoms with Crippen molar-refractivity contribution in [2.24, 2.45) is 5.92 Å². The predicted octanol–water partition coefficient (Wildman–Crippen LogP) is 1.30. The third kappa shape index (κ3) is 1.56. The first-order valence-electron chi connectivity index (χ1n) is 5.39. The van der Waals surface area contributed by atoms with Gasteiger partial charge >= 0.3 is 5.69 Å². The molecule has 0 N–H and O–H groups in total. The molecule has 0 bridgehead atoms. The lowest BCUT2D eigenvalue weighted by Gasteiger charge is -1.95. The van der Waals surface area contributed by atoms with Gasteiger partial charge in [-0.1, -0.05) is 18.9 Å². The van der Waals surface area contributed by atoms with E-state index in [1.807, 2.05) is 18.2 Å². The van der Waals surface area contributed by atoms with Gasteiger partial charge in [-0.2, -0.15) is 0 Å². The van der Waals surface area contributed by atoms with E-state index in [-0.39, 0.29) is 5.69 Å². The monoisotopic (exact) mass is 203 g/mol. The molecule has 78 valence electrons. The topological polar surface area (TPSA) is 39.3 Å². The van der Waals surface area contributed by atoms with E-state index in [1.54, 1.807) is 15.3 Å². The largest absolute Gasteiger partial charge is 0.350 e. The van der Waals surface area contributed by atoms with Gasteiger partial charge in [-0.15, -0.1) is 5.10 Å². The maximum atomic E-state index is 11.8. The highest BCUT2D eigenvalue weighted by atomic mass is 16.2. The number of hydrogen-bond donors (Lipinski definition) is 0. The zero-order valence-electron chi connectivity index (χ0n) is 8.47. The van der Waals surface area contributed by atoms with Crippen molar-refractivity contribution in [1.82, 2.24) is 14.2 Å². The molecule has 0 amide bonds. The van der Waals surface area contributed by atoms with E-state index in [4.69, 9.17) is 0 Å². The minimum Gasteiger partial charge on any atom is -0.250 e. The van der Waals surface area contributed by atoms with Crippen LogP contribution in [0.4, 0.5) is 0 Å². The van der Waals surface area contributed by atoms with E-state index in [2.05, 4.69) is 5.10 Å². The molecule has 4 nitrogen and oxygen atoms in total. The summed E-state index contributed by atoms with van der Waals surface area (Å²) < 4.78 is 3.17. The number of rotatable bonds is 3. The van der Waals surface area contributed by atoms with Crippen molar-refractivity contribution in [3.05, 3.63) is 34.9 Å². The average Bonchev–Trinajstić information content (AvgIpc) is 3.03. The lowest BCUT2D eigenvalue weighted by molar-refractivity contribution is 0.532. The molecule has 0 radical (unpaired) electrons. The molecule has 1 aliphatic rings. The van der Waals surface area contributed by atoms with Crippen molar-refractivity contribution < 1.29 is 0 Å². The first-order chi connectivity index (χ1) is 7.34. The highest BCUT2D eigenvalue weighted by Gasteiger charge is 2.21. The Morgan fingerprint density at radius 3 is 3.00 bits per heavy atom. The van der Waals surface area contributed by atoms with Crippen LogP contribution in [-0.4, -0.2) is 14.2 Å². The Morgan fingerprint density at radius 2 is 2.27 bits per heavy atom. The molecule has 0 spiro atoms. The van der Waals surface area contributed by atoms with Crippen molar-refractivity contribution >= 4 is 5.65 Å². The normalized spacial score (nSPS) is 16.0. The van der Waals surface area contributed by atoms with Crippen molar-refractivity contribution in [2.45, 2.75) is 25.8 Å². The Hall–Kier alpha value is -1.58. The Kier molecular flexibility index (Phi) is 1.87. The lowest BCUT2D eigenvalue weighted by Crippen LogP contribution is -2.21. The summed E-state index contributed by atoms with van der Waals surface area (Å²) in [7, 11) is 0. The molecule has 0 saturated heterocycles. The van der Waals surface area contributed by atoms with E-state index in [0.717, 1.165) is 24.5 Å². The van der Waals surface area contributed by atoms with E-state index in [9.17, 15) is 4.79 Å². The smallest absolute Gasteiger partial charge is 0.250 e. The fourth-order valence-corrected chi connectivity index (χ4v) is 1.83. The Bertz CT molecular complexity index is 536.